The minimum atomic E-state index is -0.0667. The fourth-order valence-corrected chi connectivity index (χ4v) is 2.22. The SMILES string of the molecule is CCC(C)c1ccccc1OCCn1cc(N)ccc1=O. The molecular formula is C17H22N2O2. The van der Waals surface area contributed by atoms with E-state index in [2.05, 4.69) is 19.9 Å². The molecule has 0 spiro atoms. The Bertz CT molecular complexity index is 649. The number of rotatable bonds is 6. The summed E-state index contributed by atoms with van der Waals surface area (Å²) in [6.45, 7) is 5.27. The molecule has 1 unspecified atom stereocenters. The lowest BCUT2D eigenvalue weighted by Crippen LogP contribution is -2.22. The minimum absolute atomic E-state index is 0.0667. The van der Waals surface area contributed by atoms with Gasteiger partial charge in [-0.1, -0.05) is 32.0 Å². The fraction of sp³-hybridized carbons (Fsp3) is 0.353. The Hall–Kier alpha value is -2.23. The molecule has 2 aromatic rings. The zero-order valence-corrected chi connectivity index (χ0v) is 12.6. The van der Waals surface area contributed by atoms with Crippen molar-refractivity contribution in [1.82, 2.24) is 4.57 Å². The van der Waals surface area contributed by atoms with E-state index in [9.17, 15) is 4.79 Å². The van der Waals surface area contributed by atoms with Gasteiger partial charge in [0.2, 0.25) is 0 Å². The van der Waals surface area contributed by atoms with Crippen LogP contribution in [0, 0.1) is 0 Å². The average Bonchev–Trinajstić information content (AvgIpc) is 2.50. The van der Waals surface area contributed by atoms with Crippen molar-refractivity contribution >= 4 is 5.69 Å². The lowest BCUT2D eigenvalue weighted by atomic mass is 9.98. The molecule has 4 nitrogen and oxygen atoms in total. The quantitative estimate of drug-likeness (QED) is 0.888. The van der Waals surface area contributed by atoms with Crippen molar-refractivity contribution in [2.75, 3.05) is 12.3 Å². The molecule has 0 aliphatic carbocycles. The number of nitrogens with two attached hydrogens (primary N) is 1. The summed E-state index contributed by atoms with van der Waals surface area (Å²) in [5, 5.41) is 0. The number of anilines is 1. The van der Waals surface area contributed by atoms with Crippen LogP contribution in [-0.4, -0.2) is 11.2 Å². The molecule has 4 heteroatoms. The molecule has 1 heterocycles. The summed E-state index contributed by atoms with van der Waals surface area (Å²) in [5.41, 5.74) is 7.41. The molecule has 2 N–H and O–H groups in total. The lowest BCUT2D eigenvalue weighted by molar-refractivity contribution is 0.292. The van der Waals surface area contributed by atoms with Crippen LogP contribution in [-0.2, 0) is 6.54 Å². The van der Waals surface area contributed by atoms with E-state index in [0.29, 0.717) is 24.8 Å². The topological polar surface area (TPSA) is 57.2 Å². The molecule has 1 aromatic heterocycles. The van der Waals surface area contributed by atoms with Gasteiger partial charge < -0.3 is 15.0 Å². The maximum absolute atomic E-state index is 11.7. The van der Waals surface area contributed by atoms with Gasteiger partial charge in [0.05, 0.1) is 6.54 Å². The highest BCUT2D eigenvalue weighted by atomic mass is 16.5. The monoisotopic (exact) mass is 286 g/mol. The van der Waals surface area contributed by atoms with E-state index in [-0.39, 0.29) is 5.56 Å². The molecule has 21 heavy (non-hydrogen) atoms. The van der Waals surface area contributed by atoms with E-state index in [0.717, 1.165) is 12.2 Å². The van der Waals surface area contributed by atoms with Gasteiger partial charge in [-0.15, -0.1) is 0 Å². The van der Waals surface area contributed by atoms with Crippen molar-refractivity contribution in [1.29, 1.82) is 0 Å². The fourth-order valence-electron chi connectivity index (χ4n) is 2.22. The Morgan fingerprint density at radius 3 is 2.76 bits per heavy atom. The highest BCUT2D eigenvalue weighted by molar-refractivity contribution is 5.36. The summed E-state index contributed by atoms with van der Waals surface area (Å²) in [6, 6.07) is 11.1. The molecular weight excluding hydrogens is 264 g/mol. The van der Waals surface area contributed by atoms with Crippen LogP contribution in [0.1, 0.15) is 31.7 Å². The van der Waals surface area contributed by atoms with E-state index in [4.69, 9.17) is 10.5 Å². The van der Waals surface area contributed by atoms with Gasteiger partial charge >= 0.3 is 0 Å². The second kappa shape index (κ2) is 6.97. The van der Waals surface area contributed by atoms with Crippen LogP contribution in [0.15, 0.2) is 47.4 Å². The van der Waals surface area contributed by atoms with Crippen molar-refractivity contribution in [2.24, 2.45) is 0 Å². The maximum Gasteiger partial charge on any atom is 0.250 e. The molecule has 0 amide bonds. The lowest BCUT2D eigenvalue weighted by Gasteiger charge is -2.16. The number of para-hydroxylation sites is 1. The predicted octanol–water partition coefficient (Wildman–Crippen LogP) is 3.02. The number of ether oxygens (including phenoxy) is 1. The zero-order chi connectivity index (χ0) is 15.2. The summed E-state index contributed by atoms with van der Waals surface area (Å²) in [4.78, 5) is 11.7. The van der Waals surface area contributed by atoms with Gasteiger partial charge in [-0.05, 0) is 30.0 Å². The van der Waals surface area contributed by atoms with Crippen LogP contribution in [0.25, 0.3) is 0 Å². The molecule has 0 fully saturated rings. The number of hydrogen-bond acceptors (Lipinski definition) is 3. The highest BCUT2D eigenvalue weighted by Gasteiger charge is 2.09. The first-order chi connectivity index (χ1) is 10.1. The third-order valence-corrected chi connectivity index (χ3v) is 3.66. The van der Waals surface area contributed by atoms with E-state index in [1.54, 1.807) is 16.8 Å². The van der Waals surface area contributed by atoms with Gasteiger partial charge in [-0.2, -0.15) is 0 Å². The largest absolute Gasteiger partial charge is 0.491 e. The van der Waals surface area contributed by atoms with Gasteiger partial charge in [-0.3, -0.25) is 4.79 Å². The summed E-state index contributed by atoms with van der Waals surface area (Å²) < 4.78 is 7.43. The van der Waals surface area contributed by atoms with Gasteiger partial charge in [0, 0.05) is 18.0 Å². The van der Waals surface area contributed by atoms with Crippen molar-refractivity contribution in [2.45, 2.75) is 32.7 Å². The first-order valence-electron chi connectivity index (χ1n) is 7.29. The molecule has 0 aliphatic heterocycles. The number of nitrogens with zero attached hydrogens (tertiary/aromatic N) is 1. The van der Waals surface area contributed by atoms with Gasteiger partial charge in [0.15, 0.2) is 0 Å². The van der Waals surface area contributed by atoms with Crippen LogP contribution in [0.4, 0.5) is 5.69 Å². The molecule has 0 saturated carbocycles. The number of pyridine rings is 1. The number of hydrogen-bond donors (Lipinski definition) is 1. The van der Waals surface area contributed by atoms with Crippen molar-refractivity contribution in [3.63, 3.8) is 0 Å². The number of nitrogen functional groups attached to an aromatic ring is 1. The molecule has 0 bridgehead atoms. The first kappa shape index (κ1) is 15.2. The first-order valence-corrected chi connectivity index (χ1v) is 7.29. The van der Waals surface area contributed by atoms with Crippen LogP contribution < -0.4 is 16.0 Å². The summed E-state index contributed by atoms with van der Waals surface area (Å²) >= 11 is 0. The Kier molecular flexibility index (Phi) is 5.04. The summed E-state index contributed by atoms with van der Waals surface area (Å²) in [5.74, 6) is 1.35. The Labute approximate surface area is 125 Å². The normalized spacial score (nSPS) is 12.1. The minimum Gasteiger partial charge on any atom is -0.491 e. The van der Waals surface area contributed by atoms with E-state index in [1.165, 1.54) is 11.6 Å². The number of aromatic nitrogens is 1. The van der Waals surface area contributed by atoms with Gasteiger partial charge in [0.25, 0.3) is 5.56 Å². The smallest absolute Gasteiger partial charge is 0.250 e. The van der Waals surface area contributed by atoms with Crippen LogP contribution in [0.2, 0.25) is 0 Å². The number of benzene rings is 1. The summed E-state index contributed by atoms with van der Waals surface area (Å²) in [7, 11) is 0. The standard InChI is InChI=1S/C17H22N2O2/c1-3-13(2)15-6-4-5-7-16(15)21-11-10-19-12-14(18)8-9-17(19)20/h4-9,12-13H,3,10-11,18H2,1-2H3. The molecule has 0 radical (unpaired) electrons. The Morgan fingerprint density at radius 1 is 1.24 bits per heavy atom. The molecule has 112 valence electrons. The molecule has 1 atom stereocenters. The predicted molar refractivity (Wildman–Crippen MR) is 85.8 cm³/mol. The van der Waals surface area contributed by atoms with Crippen molar-refractivity contribution < 1.29 is 4.74 Å². The second-order valence-corrected chi connectivity index (χ2v) is 5.19. The van der Waals surface area contributed by atoms with Crippen molar-refractivity contribution in [3.05, 3.63) is 58.5 Å². The second-order valence-electron chi connectivity index (χ2n) is 5.19. The Balaban J connectivity index is 2.04. The average molecular weight is 286 g/mol. The molecule has 0 aliphatic rings. The zero-order valence-electron chi connectivity index (χ0n) is 12.6. The van der Waals surface area contributed by atoms with Gasteiger partial charge in [0.1, 0.15) is 12.4 Å². The van der Waals surface area contributed by atoms with E-state index < -0.39 is 0 Å². The Morgan fingerprint density at radius 2 is 2.00 bits per heavy atom. The van der Waals surface area contributed by atoms with E-state index in [1.807, 2.05) is 18.2 Å². The van der Waals surface area contributed by atoms with E-state index >= 15 is 0 Å². The van der Waals surface area contributed by atoms with Gasteiger partial charge in [-0.25, -0.2) is 0 Å². The highest BCUT2D eigenvalue weighted by Crippen LogP contribution is 2.28. The molecule has 0 saturated heterocycles. The third kappa shape index (κ3) is 3.88. The van der Waals surface area contributed by atoms with Crippen LogP contribution in [0.3, 0.4) is 0 Å². The molecule has 1 aromatic carbocycles. The van der Waals surface area contributed by atoms with Crippen molar-refractivity contribution in [3.8, 4) is 5.75 Å². The molecule has 2 rings (SSSR count). The van der Waals surface area contributed by atoms with Crippen LogP contribution >= 0.6 is 0 Å². The maximum atomic E-state index is 11.7. The third-order valence-electron chi connectivity index (χ3n) is 3.66. The summed E-state index contributed by atoms with van der Waals surface area (Å²) in [6.07, 6.45) is 2.71. The van der Waals surface area contributed by atoms with Crippen LogP contribution in [0.5, 0.6) is 5.75 Å².